The predicted molar refractivity (Wildman–Crippen MR) is 122 cm³/mol. The molecule has 2 amide bonds. The van der Waals surface area contributed by atoms with Crippen molar-refractivity contribution in [3.8, 4) is 5.75 Å². The maximum absolute atomic E-state index is 13.6. The number of halogens is 1. The largest absolute Gasteiger partial charge is 0.495 e. The molecule has 0 unspecified atom stereocenters. The van der Waals surface area contributed by atoms with Gasteiger partial charge < -0.3 is 15.4 Å². The van der Waals surface area contributed by atoms with Crippen molar-refractivity contribution in [3.63, 3.8) is 0 Å². The zero-order chi connectivity index (χ0) is 24.0. The van der Waals surface area contributed by atoms with Crippen molar-refractivity contribution >= 4 is 27.5 Å². The molecular formula is C23H28FN3O5S. The number of sulfonamides is 1. The van der Waals surface area contributed by atoms with Gasteiger partial charge in [0.1, 0.15) is 11.6 Å². The molecule has 1 atom stereocenters. The number of rotatable bonds is 7. The Bertz CT molecular complexity index is 1120. The second-order valence-corrected chi connectivity index (χ2v) is 9.77. The summed E-state index contributed by atoms with van der Waals surface area (Å²) in [6.07, 6.45) is 2.58. The smallest absolute Gasteiger partial charge is 0.313 e. The van der Waals surface area contributed by atoms with Crippen LogP contribution in [0, 0.1) is 12.7 Å². The first-order valence-corrected chi connectivity index (χ1v) is 12.2. The molecule has 0 saturated carbocycles. The fourth-order valence-corrected chi connectivity index (χ4v) is 5.66. The lowest BCUT2D eigenvalue weighted by atomic mass is 10.0. The van der Waals surface area contributed by atoms with E-state index in [1.807, 2.05) is 0 Å². The summed E-state index contributed by atoms with van der Waals surface area (Å²) in [5, 5.41) is 5.05. The van der Waals surface area contributed by atoms with E-state index in [2.05, 4.69) is 10.6 Å². The van der Waals surface area contributed by atoms with Crippen LogP contribution in [0.2, 0.25) is 0 Å². The highest BCUT2D eigenvalue weighted by atomic mass is 32.2. The summed E-state index contributed by atoms with van der Waals surface area (Å²) in [6.45, 7) is 2.01. The fraction of sp³-hybridized carbons (Fsp3) is 0.391. The average Bonchev–Trinajstić information content (AvgIpc) is 2.81. The zero-order valence-corrected chi connectivity index (χ0v) is 19.5. The standard InChI is InChI=1S/C23H28FN3O5S/c1-16-15-18(10-11-19(16)24)33(30,31)27-14-6-5-7-17(27)12-13-25-22(28)23(29)26-20-8-3-4-9-21(20)32-2/h3-4,8-11,15,17H,5-7,12-14H2,1-2H3,(H,25,28)(H,26,29)/t17-/m1/s1. The molecule has 1 heterocycles. The number of benzene rings is 2. The highest BCUT2D eigenvalue weighted by molar-refractivity contribution is 7.89. The number of piperidine rings is 1. The molecule has 0 spiro atoms. The fourth-order valence-electron chi connectivity index (χ4n) is 3.85. The van der Waals surface area contributed by atoms with Gasteiger partial charge in [-0.1, -0.05) is 18.6 Å². The molecule has 8 nitrogen and oxygen atoms in total. The topological polar surface area (TPSA) is 105 Å². The Balaban J connectivity index is 1.60. The Hall–Kier alpha value is -2.98. The molecular weight excluding hydrogens is 449 g/mol. The Morgan fingerprint density at radius 1 is 1.15 bits per heavy atom. The summed E-state index contributed by atoms with van der Waals surface area (Å²) in [5.41, 5.74) is 0.636. The first kappa shape index (κ1) is 24.7. The van der Waals surface area contributed by atoms with Crippen LogP contribution >= 0.6 is 0 Å². The molecule has 3 rings (SSSR count). The zero-order valence-electron chi connectivity index (χ0n) is 18.6. The van der Waals surface area contributed by atoms with E-state index in [-0.39, 0.29) is 23.0 Å². The van der Waals surface area contributed by atoms with E-state index < -0.39 is 27.7 Å². The maximum atomic E-state index is 13.6. The number of carbonyl (C=O) groups excluding carboxylic acids is 2. The molecule has 2 N–H and O–H groups in total. The maximum Gasteiger partial charge on any atom is 0.313 e. The van der Waals surface area contributed by atoms with Gasteiger partial charge >= 0.3 is 11.8 Å². The Morgan fingerprint density at radius 2 is 1.91 bits per heavy atom. The minimum Gasteiger partial charge on any atom is -0.495 e. The lowest BCUT2D eigenvalue weighted by molar-refractivity contribution is -0.136. The van der Waals surface area contributed by atoms with Gasteiger partial charge in [-0.05, 0) is 62.1 Å². The molecule has 0 aliphatic carbocycles. The van der Waals surface area contributed by atoms with Crippen molar-refractivity contribution in [1.29, 1.82) is 0 Å². The van der Waals surface area contributed by atoms with Gasteiger partial charge in [0.2, 0.25) is 10.0 Å². The number of methoxy groups -OCH3 is 1. The second-order valence-electron chi connectivity index (χ2n) is 7.88. The number of ether oxygens (including phenoxy) is 1. The third-order valence-electron chi connectivity index (χ3n) is 5.63. The average molecular weight is 478 g/mol. The van der Waals surface area contributed by atoms with E-state index >= 15 is 0 Å². The van der Waals surface area contributed by atoms with Crippen LogP contribution in [-0.2, 0) is 19.6 Å². The summed E-state index contributed by atoms with van der Waals surface area (Å²) in [6, 6.07) is 10.2. The first-order chi connectivity index (χ1) is 15.7. The molecule has 1 aliphatic rings. The van der Waals surface area contributed by atoms with Crippen LogP contribution in [0.1, 0.15) is 31.2 Å². The van der Waals surface area contributed by atoms with Gasteiger partial charge in [-0.15, -0.1) is 0 Å². The van der Waals surface area contributed by atoms with Gasteiger partial charge in [-0.25, -0.2) is 12.8 Å². The summed E-state index contributed by atoms with van der Waals surface area (Å²) in [7, 11) is -2.34. The van der Waals surface area contributed by atoms with Crippen LogP contribution < -0.4 is 15.4 Å². The van der Waals surface area contributed by atoms with E-state index in [9.17, 15) is 22.4 Å². The van der Waals surface area contributed by atoms with Crippen molar-refractivity contribution < 1.29 is 27.1 Å². The Morgan fingerprint density at radius 3 is 2.64 bits per heavy atom. The minimum atomic E-state index is -3.81. The molecule has 1 saturated heterocycles. The Labute approximate surface area is 193 Å². The summed E-state index contributed by atoms with van der Waals surface area (Å²) in [5.74, 6) is -1.69. The molecule has 0 bridgehead atoms. The van der Waals surface area contributed by atoms with Gasteiger partial charge in [-0.3, -0.25) is 9.59 Å². The molecule has 33 heavy (non-hydrogen) atoms. The quantitative estimate of drug-likeness (QED) is 0.597. The number of nitrogens with one attached hydrogen (secondary N) is 2. The number of para-hydroxylation sites is 2. The molecule has 0 radical (unpaired) electrons. The number of aryl methyl sites for hydroxylation is 1. The lowest BCUT2D eigenvalue weighted by Crippen LogP contribution is -2.45. The van der Waals surface area contributed by atoms with E-state index in [1.165, 1.54) is 30.5 Å². The van der Waals surface area contributed by atoms with Crippen molar-refractivity contribution in [2.75, 3.05) is 25.5 Å². The van der Waals surface area contributed by atoms with Crippen molar-refractivity contribution in [2.24, 2.45) is 0 Å². The molecule has 10 heteroatoms. The number of hydrogen-bond acceptors (Lipinski definition) is 5. The van der Waals surface area contributed by atoms with Crippen molar-refractivity contribution in [1.82, 2.24) is 9.62 Å². The highest BCUT2D eigenvalue weighted by Crippen LogP contribution is 2.28. The van der Waals surface area contributed by atoms with E-state index in [1.54, 1.807) is 24.3 Å². The Kier molecular flexibility index (Phi) is 8.04. The van der Waals surface area contributed by atoms with Crippen molar-refractivity contribution in [3.05, 3.63) is 53.8 Å². The van der Waals surface area contributed by atoms with Gasteiger partial charge in [0.05, 0.1) is 17.7 Å². The summed E-state index contributed by atoms with van der Waals surface area (Å²) < 4.78 is 46.5. The van der Waals surface area contributed by atoms with Gasteiger partial charge in [-0.2, -0.15) is 4.31 Å². The predicted octanol–water partition coefficient (Wildman–Crippen LogP) is 2.83. The van der Waals surface area contributed by atoms with Crippen LogP contribution in [0.3, 0.4) is 0 Å². The molecule has 1 fully saturated rings. The SMILES string of the molecule is COc1ccccc1NC(=O)C(=O)NCC[C@H]1CCCCN1S(=O)(=O)c1ccc(F)c(C)c1. The highest BCUT2D eigenvalue weighted by Gasteiger charge is 2.33. The number of hydrogen-bond donors (Lipinski definition) is 2. The van der Waals surface area contributed by atoms with Crippen LogP contribution in [0.25, 0.3) is 0 Å². The third kappa shape index (κ3) is 5.88. The number of amides is 2. The first-order valence-electron chi connectivity index (χ1n) is 10.7. The summed E-state index contributed by atoms with van der Waals surface area (Å²) >= 11 is 0. The van der Waals surface area contributed by atoms with Crippen LogP contribution in [0.5, 0.6) is 5.75 Å². The lowest BCUT2D eigenvalue weighted by Gasteiger charge is -2.34. The molecule has 2 aromatic rings. The van der Waals surface area contributed by atoms with E-state index in [4.69, 9.17) is 4.74 Å². The third-order valence-corrected chi connectivity index (χ3v) is 7.58. The number of nitrogens with zero attached hydrogens (tertiary/aromatic N) is 1. The van der Waals surface area contributed by atoms with Crippen LogP contribution in [-0.4, -0.2) is 50.8 Å². The summed E-state index contributed by atoms with van der Waals surface area (Å²) in [4.78, 5) is 24.5. The van der Waals surface area contributed by atoms with Crippen LogP contribution in [0.15, 0.2) is 47.4 Å². The van der Waals surface area contributed by atoms with Gasteiger partial charge in [0.25, 0.3) is 0 Å². The van der Waals surface area contributed by atoms with Crippen LogP contribution in [0.4, 0.5) is 10.1 Å². The van der Waals surface area contributed by atoms with Gasteiger partial charge in [0.15, 0.2) is 0 Å². The molecule has 2 aromatic carbocycles. The normalized spacial score (nSPS) is 16.8. The molecule has 0 aromatic heterocycles. The van der Waals surface area contributed by atoms with Crippen molar-refractivity contribution in [2.45, 2.75) is 43.5 Å². The second kappa shape index (κ2) is 10.8. The molecule has 1 aliphatic heterocycles. The monoisotopic (exact) mass is 477 g/mol. The number of carbonyl (C=O) groups is 2. The molecule has 178 valence electrons. The van der Waals surface area contributed by atoms with E-state index in [0.717, 1.165) is 18.9 Å². The van der Waals surface area contributed by atoms with E-state index in [0.29, 0.717) is 30.8 Å². The number of anilines is 1. The van der Waals surface area contributed by atoms with Gasteiger partial charge in [0, 0.05) is 19.1 Å². The minimum absolute atomic E-state index is 0.0496.